The predicted octanol–water partition coefficient (Wildman–Crippen LogP) is 4.07. The van der Waals surface area contributed by atoms with E-state index in [9.17, 15) is 0 Å². The van der Waals surface area contributed by atoms with Crippen molar-refractivity contribution in [2.45, 2.75) is 49.4 Å². The Balaban J connectivity index is 1.49. The summed E-state index contributed by atoms with van der Waals surface area (Å²) in [4.78, 5) is 4.43. The smallest absolute Gasteiger partial charge is 0.240 e. The summed E-state index contributed by atoms with van der Waals surface area (Å²) in [6.07, 6.45) is 8.26. The number of benzene rings is 1. The molecule has 7 heteroatoms. The van der Waals surface area contributed by atoms with Gasteiger partial charge in [-0.2, -0.15) is 10.1 Å². The van der Waals surface area contributed by atoms with Gasteiger partial charge in [0.05, 0.1) is 12.8 Å². The molecule has 1 aromatic carbocycles. The Kier molecular flexibility index (Phi) is 6.12. The number of hydrazone groups is 1. The molecule has 128 valence electrons. The van der Waals surface area contributed by atoms with Gasteiger partial charge in [0, 0.05) is 5.25 Å². The van der Waals surface area contributed by atoms with Gasteiger partial charge in [-0.1, -0.05) is 31.0 Å². The molecule has 6 nitrogen and oxygen atoms in total. The van der Waals surface area contributed by atoms with Crippen LogP contribution in [0.1, 0.15) is 44.6 Å². The second-order valence-corrected chi connectivity index (χ2v) is 6.98. The molecule has 0 spiro atoms. The van der Waals surface area contributed by atoms with Crippen LogP contribution in [0, 0.1) is 0 Å². The number of aromatic amines is 1. The number of hydrogen-bond acceptors (Lipinski definition) is 6. The van der Waals surface area contributed by atoms with Crippen LogP contribution in [0.2, 0.25) is 0 Å². The fraction of sp³-hybridized carbons (Fsp3) is 0.471. The van der Waals surface area contributed by atoms with Crippen molar-refractivity contribution in [2.24, 2.45) is 5.10 Å². The predicted molar refractivity (Wildman–Crippen MR) is 97.9 cm³/mol. The highest BCUT2D eigenvalue weighted by Crippen LogP contribution is 2.31. The zero-order valence-corrected chi connectivity index (χ0v) is 14.7. The summed E-state index contributed by atoms with van der Waals surface area (Å²) < 4.78 is 5.41. The van der Waals surface area contributed by atoms with E-state index in [1.54, 1.807) is 18.0 Å². The second-order valence-electron chi connectivity index (χ2n) is 5.72. The number of rotatable bonds is 7. The van der Waals surface area contributed by atoms with Gasteiger partial charge in [-0.05, 0) is 49.6 Å². The third-order valence-electron chi connectivity index (χ3n) is 3.86. The third-order valence-corrected chi connectivity index (χ3v) is 5.06. The molecule has 2 aromatic rings. The van der Waals surface area contributed by atoms with E-state index in [1.807, 2.05) is 31.2 Å². The van der Waals surface area contributed by atoms with Gasteiger partial charge in [-0.25, -0.2) is 10.5 Å². The molecule has 0 atom stereocenters. The topological polar surface area (TPSA) is 75.2 Å². The molecular weight excluding hydrogens is 322 g/mol. The van der Waals surface area contributed by atoms with E-state index in [2.05, 4.69) is 25.7 Å². The van der Waals surface area contributed by atoms with E-state index < -0.39 is 0 Å². The highest BCUT2D eigenvalue weighted by molar-refractivity contribution is 7.99. The van der Waals surface area contributed by atoms with Crippen molar-refractivity contribution in [1.82, 2.24) is 15.2 Å². The minimum absolute atomic E-state index is 0.565. The number of thioether (sulfide) groups is 1. The zero-order valence-electron chi connectivity index (χ0n) is 13.9. The third kappa shape index (κ3) is 4.99. The first-order valence-electron chi connectivity index (χ1n) is 8.44. The molecule has 1 fully saturated rings. The molecule has 0 saturated heterocycles. The van der Waals surface area contributed by atoms with Crippen molar-refractivity contribution in [3.8, 4) is 5.75 Å². The van der Waals surface area contributed by atoms with Crippen LogP contribution in [-0.2, 0) is 0 Å². The molecule has 0 bridgehead atoms. The van der Waals surface area contributed by atoms with Gasteiger partial charge < -0.3 is 4.74 Å². The Morgan fingerprint density at radius 3 is 2.83 bits per heavy atom. The lowest BCUT2D eigenvalue weighted by molar-refractivity contribution is 0.340. The summed E-state index contributed by atoms with van der Waals surface area (Å²) in [5, 5.41) is 12.8. The molecule has 24 heavy (non-hydrogen) atoms. The van der Waals surface area contributed by atoms with Crippen LogP contribution >= 0.6 is 11.8 Å². The molecule has 0 aliphatic heterocycles. The average molecular weight is 345 g/mol. The first kappa shape index (κ1) is 16.8. The first-order valence-corrected chi connectivity index (χ1v) is 9.32. The van der Waals surface area contributed by atoms with Crippen molar-refractivity contribution in [1.29, 1.82) is 0 Å². The molecule has 1 heterocycles. The maximum atomic E-state index is 5.41. The van der Waals surface area contributed by atoms with Crippen molar-refractivity contribution in [2.75, 3.05) is 12.0 Å². The van der Waals surface area contributed by atoms with Gasteiger partial charge >= 0.3 is 0 Å². The first-order chi connectivity index (χ1) is 11.8. The summed E-state index contributed by atoms with van der Waals surface area (Å²) in [5.41, 5.74) is 3.87. The molecule has 1 aliphatic carbocycles. The van der Waals surface area contributed by atoms with Crippen molar-refractivity contribution in [3.05, 3.63) is 29.8 Å². The molecule has 3 rings (SSSR count). The monoisotopic (exact) mass is 345 g/mol. The summed E-state index contributed by atoms with van der Waals surface area (Å²) >= 11 is 1.76. The summed E-state index contributed by atoms with van der Waals surface area (Å²) in [7, 11) is 0. The average Bonchev–Trinajstić information content (AvgIpc) is 3.05. The molecule has 1 saturated carbocycles. The van der Waals surface area contributed by atoms with Gasteiger partial charge in [0.15, 0.2) is 0 Å². The molecule has 0 amide bonds. The Hall–Kier alpha value is -2.02. The molecular formula is C17H23N5OS. The van der Waals surface area contributed by atoms with Crippen molar-refractivity contribution >= 4 is 23.9 Å². The van der Waals surface area contributed by atoms with Crippen LogP contribution in [-0.4, -0.2) is 33.3 Å². The van der Waals surface area contributed by atoms with E-state index in [4.69, 9.17) is 4.74 Å². The Morgan fingerprint density at radius 2 is 2.08 bits per heavy atom. The van der Waals surface area contributed by atoms with E-state index >= 15 is 0 Å². The lowest BCUT2D eigenvalue weighted by atomic mass is 10.0. The number of ether oxygens (including phenoxy) is 1. The van der Waals surface area contributed by atoms with Crippen LogP contribution in [0.3, 0.4) is 0 Å². The van der Waals surface area contributed by atoms with Gasteiger partial charge in [-0.15, -0.1) is 5.10 Å². The highest BCUT2D eigenvalue weighted by atomic mass is 32.2. The summed E-state index contributed by atoms with van der Waals surface area (Å²) in [6, 6.07) is 7.78. The molecule has 2 N–H and O–H groups in total. The van der Waals surface area contributed by atoms with Gasteiger partial charge in [0.2, 0.25) is 11.1 Å². The number of nitrogens with one attached hydrogen (secondary N) is 2. The van der Waals surface area contributed by atoms with Crippen molar-refractivity contribution in [3.63, 3.8) is 0 Å². The van der Waals surface area contributed by atoms with Gasteiger partial charge in [0.25, 0.3) is 0 Å². The quantitative estimate of drug-likeness (QED) is 0.584. The highest BCUT2D eigenvalue weighted by Gasteiger charge is 2.16. The van der Waals surface area contributed by atoms with Gasteiger partial charge in [-0.3, -0.25) is 0 Å². The van der Waals surface area contributed by atoms with Gasteiger partial charge in [0.1, 0.15) is 5.75 Å². The molecule has 1 aromatic heterocycles. The van der Waals surface area contributed by atoms with Crippen LogP contribution in [0.5, 0.6) is 5.75 Å². The fourth-order valence-corrected chi connectivity index (χ4v) is 3.78. The minimum atomic E-state index is 0.565. The zero-order chi connectivity index (χ0) is 16.6. The number of H-pyrrole nitrogens is 1. The maximum absolute atomic E-state index is 5.41. The van der Waals surface area contributed by atoms with Crippen LogP contribution in [0.4, 0.5) is 5.95 Å². The van der Waals surface area contributed by atoms with E-state index in [1.165, 1.54) is 32.1 Å². The van der Waals surface area contributed by atoms with E-state index in [-0.39, 0.29) is 0 Å². The number of anilines is 1. The standard InChI is InChI=1S/C17H23N5OS/c1-2-23-14-10-8-13(9-11-14)12-18-20-16-19-17(22-21-16)24-15-6-4-3-5-7-15/h8-12,15H,2-7H2,1H3,(H2,19,20,21,22)/b18-12-. The fourth-order valence-electron chi connectivity index (χ4n) is 2.67. The molecule has 0 radical (unpaired) electrons. The summed E-state index contributed by atoms with van der Waals surface area (Å²) in [5.74, 6) is 1.43. The van der Waals surface area contributed by atoms with Crippen LogP contribution in [0.25, 0.3) is 0 Å². The lowest BCUT2D eigenvalue weighted by Crippen LogP contribution is -2.07. The van der Waals surface area contributed by atoms with Crippen molar-refractivity contribution < 1.29 is 4.74 Å². The molecule has 0 unspecified atom stereocenters. The minimum Gasteiger partial charge on any atom is -0.494 e. The normalized spacial score (nSPS) is 15.7. The lowest BCUT2D eigenvalue weighted by Gasteiger charge is -2.18. The Bertz CT molecular complexity index is 649. The number of hydrogen-bond donors (Lipinski definition) is 2. The molecule has 1 aliphatic rings. The number of nitrogens with zero attached hydrogens (tertiary/aromatic N) is 3. The Morgan fingerprint density at radius 1 is 1.29 bits per heavy atom. The van der Waals surface area contributed by atoms with Crippen LogP contribution < -0.4 is 10.2 Å². The number of aromatic nitrogens is 3. The summed E-state index contributed by atoms with van der Waals surface area (Å²) in [6.45, 7) is 2.64. The van der Waals surface area contributed by atoms with Crippen LogP contribution in [0.15, 0.2) is 34.5 Å². The largest absolute Gasteiger partial charge is 0.494 e. The van der Waals surface area contributed by atoms with E-state index in [0.717, 1.165) is 16.5 Å². The SMILES string of the molecule is CCOc1ccc(/C=N\Nc2nc(SC3CCCCC3)n[nH]2)cc1. The maximum Gasteiger partial charge on any atom is 0.240 e. The van der Waals surface area contributed by atoms with E-state index in [0.29, 0.717) is 17.8 Å². The second kappa shape index (κ2) is 8.73. The Labute approximate surface area is 146 Å².